The van der Waals surface area contributed by atoms with Gasteiger partial charge < -0.3 is 9.47 Å². The van der Waals surface area contributed by atoms with E-state index in [1.54, 1.807) is 0 Å². The topological polar surface area (TPSA) is 78.4 Å². The summed E-state index contributed by atoms with van der Waals surface area (Å²) in [7, 11) is 2.92. The minimum absolute atomic E-state index is 0.228. The van der Waals surface area contributed by atoms with Gasteiger partial charge in [-0.15, -0.1) is 0 Å². The summed E-state index contributed by atoms with van der Waals surface area (Å²) in [5, 5.41) is 2.16. The van der Waals surface area contributed by atoms with Gasteiger partial charge >= 0.3 is 11.9 Å². The van der Waals surface area contributed by atoms with Crippen molar-refractivity contribution < 1.29 is 19.1 Å². The maximum absolute atomic E-state index is 13.0. The lowest BCUT2D eigenvalue weighted by molar-refractivity contribution is -0.141. The quantitative estimate of drug-likeness (QED) is 0.183. The number of aromatic nitrogens is 2. The maximum atomic E-state index is 13.0. The summed E-state index contributed by atoms with van der Waals surface area (Å²) in [6.07, 6.45) is 15.5. The van der Waals surface area contributed by atoms with Crippen LogP contribution in [-0.4, -0.2) is 36.1 Å². The highest BCUT2D eigenvalue weighted by Crippen LogP contribution is 2.64. The van der Waals surface area contributed by atoms with Crippen LogP contribution in [0.5, 0.6) is 0 Å². The molecule has 2 aromatic carbocycles. The third kappa shape index (κ3) is 4.60. The lowest BCUT2D eigenvalue weighted by atomic mass is 9.59. The van der Waals surface area contributed by atoms with E-state index in [4.69, 9.17) is 19.4 Å². The summed E-state index contributed by atoms with van der Waals surface area (Å²) in [4.78, 5) is 36.5. The van der Waals surface area contributed by atoms with Crippen LogP contribution in [0.2, 0.25) is 0 Å². The van der Waals surface area contributed by atoms with E-state index >= 15 is 0 Å². The normalized spacial score (nSPS) is 22.3. The third-order valence-electron chi connectivity index (χ3n) is 10.9. The van der Waals surface area contributed by atoms with E-state index < -0.39 is 10.8 Å². The van der Waals surface area contributed by atoms with Gasteiger partial charge in [0.05, 0.1) is 36.6 Å². The summed E-state index contributed by atoms with van der Waals surface area (Å²) < 4.78 is 10.5. The summed E-state index contributed by atoms with van der Waals surface area (Å²) in [6, 6.07) is 21.2. The number of carbonyl (C=O) groups is 2. The van der Waals surface area contributed by atoms with Crippen molar-refractivity contribution in [2.24, 2.45) is 0 Å². The summed E-state index contributed by atoms with van der Waals surface area (Å²) in [6.45, 7) is 0. The first kappa shape index (κ1) is 29.6. The second kappa shape index (κ2) is 11.4. The second-order valence-electron chi connectivity index (χ2n) is 13.3. The molecule has 0 radical (unpaired) electrons. The number of nitrogens with zero attached hydrogens (tertiary/aromatic N) is 2. The first-order valence-electron chi connectivity index (χ1n) is 16.7. The zero-order chi connectivity index (χ0) is 32.2. The molecule has 6 heteroatoms. The molecule has 2 unspecified atom stereocenters. The molecule has 2 heterocycles. The molecular formula is C41H38N2O4. The monoisotopic (exact) mass is 622 g/mol. The molecule has 0 amide bonds. The van der Waals surface area contributed by atoms with Crippen molar-refractivity contribution in [3.8, 4) is 0 Å². The van der Waals surface area contributed by atoms with E-state index in [1.807, 2.05) is 12.1 Å². The smallest absolute Gasteiger partial charge is 0.305 e. The van der Waals surface area contributed by atoms with Crippen molar-refractivity contribution >= 4 is 44.9 Å². The number of para-hydroxylation sites is 2. The first-order valence-corrected chi connectivity index (χ1v) is 16.7. The summed E-state index contributed by atoms with van der Waals surface area (Å²) >= 11 is 0. The van der Waals surface area contributed by atoms with Gasteiger partial charge in [-0.1, -0.05) is 60.7 Å². The molecule has 0 saturated heterocycles. The van der Waals surface area contributed by atoms with Crippen LogP contribution in [0.25, 0.3) is 33.0 Å². The predicted octanol–water partition coefficient (Wildman–Crippen LogP) is 8.49. The van der Waals surface area contributed by atoms with Crippen molar-refractivity contribution in [2.75, 3.05) is 14.2 Å². The van der Waals surface area contributed by atoms with Gasteiger partial charge in [0.2, 0.25) is 0 Å². The highest BCUT2D eigenvalue weighted by Gasteiger charge is 2.56. The van der Waals surface area contributed by atoms with Crippen LogP contribution >= 0.6 is 0 Å². The van der Waals surface area contributed by atoms with E-state index in [9.17, 15) is 9.59 Å². The second-order valence-corrected chi connectivity index (χ2v) is 13.3. The van der Waals surface area contributed by atoms with E-state index in [2.05, 4.69) is 72.8 Å². The molecular weight excluding hydrogens is 584 g/mol. The fourth-order valence-electron chi connectivity index (χ4n) is 8.81. The number of rotatable bonds is 8. The molecule has 4 aliphatic carbocycles. The Morgan fingerprint density at radius 2 is 1.06 bits per heavy atom. The standard InChI is InChI=1S/C41H38N2O4/c1-46-36(44)19-21-40(30-15-7-5-13-28(30)38-32(40)23-26-11-3-9-17-34(26)42-38)25-41(22-20-37(45)47-2)31-16-8-6-14-29(31)39-33(41)24-27-12-4-10-18-35(27)43-39/h3-4,9-18,23-24H,5-8,19-22,25H2,1-2H3. The summed E-state index contributed by atoms with van der Waals surface area (Å²) in [5.41, 5.74) is 9.96. The van der Waals surface area contributed by atoms with Gasteiger partial charge in [-0.05, 0) is 91.5 Å². The zero-order valence-electron chi connectivity index (χ0n) is 27.0. The Balaban J connectivity index is 1.42. The number of hydrogen-bond acceptors (Lipinski definition) is 6. The van der Waals surface area contributed by atoms with Crippen LogP contribution in [0, 0.1) is 0 Å². The van der Waals surface area contributed by atoms with Gasteiger partial charge in [-0.25, -0.2) is 9.97 Å². The van der Waals surface area contributed by atoms with Gasteiger partial charge in [0.15, 0.2) is 0 Å². The average molecular weight is 623 g/mol. The lowest BCUT2D eigenvalue weighted by Crippen LogP contribution is -2.39. The molecule has 8 rings (SSSR count). The fraction of sp³-hybridized carbons (Fsp3) is 0.317. The Morgan fingerprint density at radius 3 is 1.51 bits per heavy atom. The minimum Gasteiger partial charge on any atom is -0.469 e. The van der Waals surface area contributed by atoms with Crippen LogP contribution in [0.3, 0.4) is 0 Å². The van der Waals surface area contributed by atoms with Crippen molar-refractivity contribution in [1.29, 1.82) is 0 Å². The number of benzene rings is 2. The molecule has 47 heavy (non-hydrogen) atoms. The number of fused-ring (bicyclic) bond motifs is 8. The number of carbonyl (C=O) groups excluding carboxylic acids is 2. The van der Waals surface area contributed by atoms with E-state index in [1.165, 1.54) is 36.5 Å². The Labute approximate surface area is 274 Å². The number of methoxy groups -OCH3 is 2. The van der Waals surface area contributed by atoms with Gasteiger partial charge in [0.25, 0.3) is 0 Å². The number of allylic oxidation sites excluding steroid dienone is 8. The van der Waals surface area contributed by atoms with Gasteiger partial charge in [0.1, 0.15) is 0 Å². The molecule has 0 bridgehead atoms. The van der Waals surface area contributed by atoms with E-state index in [0.29, 0.717) is 19.3 Å². The van der Waals surface area contributed by atoms with E-state index in [0.717, 1.165) is 70.0 Å². The maximum Gasteiger partial charge on any atom is 0.305 e. The van der Waals surface area contributed by atoms with Crippen LogP contribution < -0.4 is 0 Å². The average Bonchev–Trinajstić information content (AvgIpc) is 3.53. The van der Waals surface area contributed by atoms with Crippen LogP contribution in [0.15, 0.2) is 96.1 Å². The van der Waals surface area contributed by atoms with Crippen molar-refractivity contribution in [2.45, 2.75) is 68.6 Å². The van der Waals surface area contributed by atoms with Crippen molar-refractivity contribution in [1.82, 2.24) is 9.97 Å². The SMILES string of the molecule is COC(=O)CCC1(CC2(CCC(=O)OC)C3=CCCC=C3c3nc4ccccc4cc32)C2=CCCC=C2c2nc3ccccc3cc21. The Bertz CT molecular complexity index is 1950. The number of pyridine rings is 2. The molecule has 0 fully saturated rings. The largest absolute Gasteiger partial charge is 0.469 e. The van der Waals surface area contributed by atoms with Crippen molar-refractivity contribution in [3.05, 3.63) is 119 Å². The fourth-order valence-corrected chi connectivity index (χ4v) is 8.81. The Kier molecular flexibility index (Phi) is 7.20. The highest BCUT2D eigenvalue weighted by molar-refractivity contribution is 5.96. The lowest BCUT2D eigenvalue weighted by Gasteiger charge is -2.43. The Hall–Kier alpha value is -4.84. The molecule has 0 N–H and O–H groups in total. The number of esters is 2. The molecule has 0 spiro atoms. The van der Waals surface area contributed by atoms with E-state index in [-0.39, 0.29) is 24.8 Å². The summed E-state index contributed by atoms with van der Waals surface area (Å²) in [5.74, 6) is -0.455. The van der Waals surface area contributed by atoms with Crippen LogP contribution in [0.4, 0.5) is 0 Å². The Morgan fingerprint density at radius 1 is 0.638 bits per heavy atom. The highest BCUT2D eigenvalue weighted by atomic mass is 16.5. The molecule has 236 valence electrons. The van der Waals surface area contributed by atoms with Crippen molar-refractivity contribution in [3.63, 3.8) is 0 Å². The molecule has 0 saturated carbocycles. The molecule has 2 atom stereocenters. The molecule has 0 aliphatic heterocycles. The number of hydrogen-bond donors (Lipinski definition) is 0. The molecule has 4 aliphatic rings. The minimum atomic E-state index is -0.556. The predicted molar refractivity (Wildman–Crippen MR) is 185 cm³/mol. The first-order chi connectivity index (χ1) is 23.0. The van der Waals surface area contributed by atoms with Gasteiger partial charge in [-0.2, -0.15) is 0 Å². The van der Waals surface area contributed by atoms with Crippen LogP contribution in [-0.2, 0) is 29.9 Å². The number of ether oxygens (including phenoxy) is 2. The molecule has 6 nitrogen and oxygen atoms in total. The third-order valence-corrected chi connectivity index (χ3v) is 10.9. The van der Waals surface area contributed by atoms with Gasteiger partial charge in [0, 0.05) is 45.6 Å². The molecule has 4 aromatic rings. The molecule has 2 aromatic heterocycles. The van der Waals surface area contributed by atoms with Gasteiger partial charge in [-0.3, -0.25) is 9.59 Å². The zero-order valence-corrected chi connectivity index (χ0v) is 27.0. The van der Waals surface area contributed by atoms with Crippen LogP contribution in [0.1, 0.15) is 80.3 Å².